The molecule has 0 aromatic carbocycles. The number of pyridine rings is 1. The van der Waals surface area contributed by atoms with Crippen LogP contribution >= 0.6 is 33.7 Å². The van der Waals surface area contributed by atoms with Gasteiger partial charge in [0.05, 0.1) is 35.1 Å². The van der Waals surface area contributed by atoms with Gasteiger partial charge in [-0.05, 0) is 6.07 Å². The molecule has 1 aliphatic rings. The van der Waals surface area contributed by atoms with Crippen molar-refractivity contribution in [3.05, 3.63) is 28.5 Å². The van der Waals surface area contributed by atoms with E-state index in [1.54, 1.807) is 14.7 Å². The summed E-state index contributed by atoms with van der Waals surface area (Å²) in [5.74, 6) is 0. The molecule has 3 N–H and O–H groups in total. The Labute approximate surface area is 232 Å². The summed E-state index contributed by atoms with van der Waals surface area (Å²) < 4.78 is 75.7. The molecule has 1 saturated heterocycles. The minimum atomic E-state index is -4.59. The van der Waals surface area contributed by atoms with Crippen molar-refractivity contribution in [1.82, 2.24) is 24.6 Å². The van der Waals surface area contributed by atoms with E-state index in [2.05, 4.69) is 4.98 Å². The molecule has 18 heteroatoms. The third-order valence-electron chi connectivity index (χ3n) is 5.94. The van der Waals surface area contributed by atoms with Crippen molar-refractivity contribution in [2.75, 3.05) is 91.2 Å². The van der Waals surface area contributed by atoms with Crippen molar-refractivity contribution in [2.24, 2.45) is 0 Å². The maximum atomic E-state index is 13.0. The Morgan fingerprint density at radius 2 is 1.10 bits per heavy atom. The molecule has 3 unspecified atom stereocenters. The predicted octanol–water partition coefficient (Wildman–Crippen LogP) is 3.05. The minimum absolute atomic E-state index is 0.0925. The number of rotatable bonds is 8. The van der Waals surface area contributed by atoms with Gasteiger partial charge in [0, 0.05) is 85.1 Å². The second-order valence-corrected chi connectivity index (χ2v) is 17.9. The van der Waals surface area contributed by atoms with Gasteiger partial charge in [0.25, 0.3) is 0 Å². The zero-order valence-corrected chi connectivity index (χ0v) is 25.7. The van der Waals surface area contributed by atoms with Crippen molar-refractivity contribution in [3.63, 3.8) is 0 Å². The monoisotopic (exact) mass is 641 g/mol. The molecule has 226 valence electrons. The van der Waals surface area contributed by atoms with Gasteiger partial charge in [0.15, 0.2) is 0 Å². The number of nitrogens with zero attached hydrogens (tertiary/aromatic N) is 5. The Balaban J connectivity index is 2.31. The van der Waals surface area contributed by atoms with Crippen molar-refractivity contribution in [2.45, 2.75) is 12.7 Å². The van der Waals surface area contributed by atoms with Gasteiger partial charge >= 0.3 is 6.18 Å². The van der Waals surface area contributed by atoms with E-state index < -0.39 is 33.8 Å². The molecule has 0 amide bonds. The van der Waals surface area contributed by atoms with Gasteiger partial charge < -0.3 is 14.7 Å². The summed E-state index contributed by atoms with van der Waals surface area (Å²) in [7, 11) is -10.3. The van der Waals surface area contributed by atoms with E-state index in [0.29, 0.717) is 52.4 Å². The molecule has 1 aromatic heterocycles. The van der Waals surface area contributed by atoms with E-state index in [1.165, 1.54) is 20.0 Å². The van der Waals surface area contributed by atoms with Gasteiger partial charge in [-0.25, -0.2) is 0 Å². The normalized spacial score (nSPS) is 23.2. The number of hydrogen-bond acceptors (Lipinski definition) is 8. The van der Waals surface area contributed by atoms with Crippen molar-refractivity contribution in [1.29, 1.82) is 0 Å². The fourth-order valence-electron chi connectivity index (χ4n) is 4.22. The first-order valence-electron chi connectivity index (χ1n) is 12.2. The van der Waals surface area contributed by atoms with E-state index in [1.807, 2.05) is 4.90 Å². The van der Waals surface area contributed by atoms with E-state index in [9.17, 15) is 41.5 Å². The van der Waals surface area contributed by atoms with Crippen LogP contribution in [0.1, 0.15) is 11.3 Å². The molecule has 0 bridgehead atoms. The van der Waals surface area contributed by atoms with Gasteiger partial charge in [0.2, 0.25) is 22.1 Å². The Kier molecular flexibility index (Phi) is 12.7. The molecule has 1 fully saturated rings. The highest BCUT2D eigenvalue weighted by atomic mass is 35.5. The molecular weight excluding hydrogens is 604 g/mol. The molecule has 0 aliphatic carbocycles. The van der Waals surface area contributed by atoms with Crippen LogP contribution < -0.4 is 0 Å². The van der Waals surface area contributed by atoms with Crippen LogP contribution in [0.4, 0.5) is 13.2 Å². The fraction of sp³-hybridized carbons (Fsp3) is 0.762. The first-order valence-corrected chi connectivity index (χ1v) is 19.4. The average molecular weight is 642 g/mol. The molecule has 2 heterocycles. The lowest BCUT2D eigenvalue weighted by molar-refractivity contribution is -0.137. The predicted molar refractivity (Wildman–Crippen MR) is 146 cm³/mol. The largest absolute Gasteiger partial charge is 0.417 e. The average Bonchev–Trinajstić information content (AvgIpc) is 2.73. The molecule has 0 saturated carbocycles. The first kappa shape index (κ1) is 34.8. The van der Waals surface area contributed by atoms with Crippen LogP contribution in [-0.4, -0.2) is 130 Å². The quantitative estimate of drug-likeness (QED) is 0.361. The third-order valence-corrected chi connectivity index (χ3v) is 9.04. The maximum absolute atomic E-state index is 13.0. The standard InChI is InChI=1S/C21H38ClF3N5O6P3/c1-37(31,32)15-28-6-4-27(14-20-19(22)12-18(13-26-20)21(23,24)25)5-7-29(16-38(2,33)34)9-11-30(10-8-28)17-39(3,35)36/h12-13H,4-11,14-17H2,1-3H3,(H,31,32)(H,33,34)(H,35,36). The summed E-state index contributed by atoms with van der Waals surface area (Å²) >= 11 is 6.14. The number of aromatic nitrogens is 1. The zero-order chi connectivity index (χ0) is 29.6. The van der Waals surface area contributed by atoms with Crippen LogP contribution in [0.3, 0.4) is 0 Å². The van der Waals surface area contributed by atoms with Crippen molar-refractivity contribution >= 4 is 33.7 Å². The maximum Gasteiger partial charge on any atom is 0.417 e. The number of alkyl halides is 3. The van der Waals surface area contributed by atoms with Gasteiger partial charge in [0.1, 0.15) is 0 Å². The lowest BCUT2D eigenvalue weighted by Crippen LogP contribution is -2.46. The second kappa shape index (κ2) is 14.2. The van der Waals surface area contributed by atoms with Gasteiger partial charge in [-0.3, -0.25) is 38.3 Å². The summed E-state index contributed by atoms with van der Waals surface area (Å²) in [5, 5.41) is -0.143. The highest BCUT2D eigenvalue weighted by molar-refractivity contribution is 7.57. The van der Waals surface area contributed by atoms with E-state index in [0.717, 1.165) is 12.3 Å². The van der Waals surface area contributed by atoms with Crippen molar-refractivity contribution < 1.29 is 41.5 Å². The molecule has 0 spiro atoms. The summed E-state index contributed by atoms with van der Waals surface area (Å²) in [5.41, 5.74) is -0.732. The van der Waals surface area contributed by atoms with Gasteiger partial charge in [-0.2, -0.15) is 13.2 Å². The van der Waals surface area contributed by atoms with E-state index in [-0.39, 0.29) is 36.1 Å². The van der Waals surface area contributed by atoms with Crippen LogP contribution in [-0.2, 0) is 26.4 Å². The Bertz CT molecular complexity index is 1060. The molecule has 0 radical (unpaired) electrons. The Hall–Kier alpha value is -0.360. The molecule has 2 rings (SSSR count). The van der Waals surface area contributed by atoms with Gasteiger partial charge in [-0.1, -0.05) is 11.6 Å². The third kappa shape index (κ3) is 14.4. The van der Waals surface area contributed by atoms with Crippen LogP contribution in [0.15, 0.2) is 12.3 Å². The summed E-state index contributed by atoms with van der Waals surface area (Å²) in [6.45, 7) is 6.42. The molecule has 3 atom stereocenters. The highest BCUT2D eigenvalue weighted by Gasteiger charge is 2.32. The molecular formula is C21H38ClF3N5O6P3. The molecule has 39 heavy (non-hydrogen) atoms. The molecule has 1 aromatic rings. The first-order chi connectivity index (χ1) is 17.7. The summed E-state index contributed by atoms with van der Waals surface area (Å²) in [4.78, 5) is 41.1. The number of hydrogen-bond donors (Lipinski definition) is 3. The van der Waals surface area contributed by atoms with Crippen LogP contribution in [0, 0.1) is 0 Å². The topological polar surface area (TPSA) is 138 Å². The van der Waals surface area contributed by atoms with Crippen LogP contribution in [0.2, 0.25) is 5.02 Å². The van der Waals surface area contributed by atoms with Gasteiger partial charge in [-0.15, -0.1) is 0 Å². The summed E-state index contributed by atoms with van der Waals surface area (Å²) in [6, 6.07) is 0.819. The number of halogens is 4. The lowest BCUT2D eigenvalue weighted by atomic mass is 10.2. The minimum Gasteiger partial charge on any atom is -0.344 e. The molecule has 1 aliphatic heterocycles. The highest BCUT2D eigenvalue weighted by Crippen LogP contribution is 2.38. The Morgan fingerprint density at radius 3 is 1.38 bits per heavy atom. The second-order valence-electron chi connectivity index (χ2n) is 10.4. The SMILES string of the molecule is CP(=O)(O)CN1CCN(Cc2ncc(C(F)(F)F)cc2Cl)CCN(CP(C)(=O)O)CCN(CP(C)(=O)O)CC1. The van der Waals surface area contributed by atoms with E-state index in [4.69, 9.17) is 11.6 Å². The van der Waals surface area contributed by atoms with Crippen LogP contribution in [0.5, 0.6) is 0 Å². The van der Waals surface area contributed by atoms with E-state index >= 15 is 0 Å². The smallest absolute Gasteiger partial charge is 0.344 e. The zero-order valence-electron chi connectivity index (χ0n) is 22.3. The summed E-state index contributed by atoms with van der Waals surface area (Å²) in [6.07, 6.45) is -4.17. The molecule has 11 nitrogen and oxygen atoms in total. The lowest BCUT2D eigenvalue weighted by Gasteiger charge is -2.35. The van der Waals surface area contributed by atoms with Crippen molar-refractivity contribution in [3.8, 4) is 0 Å². The van der Waals surface area contributed by atoms with Crippen LogP contribution in [0.25, 0.3) is 0 Å². The fourth-order valence-corrected chi connectivity index (χ4v) is 7.52. The Morgan fingerprint density at radius 1 is 0.769 bits per heavy atom.